The molecular formula is C15H23NO4. The SMILES string of the molecule is COC(=O)c1cc(OCCOCC(C)C)cc(C)c1N. The highest BCUT2D eigenvalue weighted by Gasteiger charge is 2.14. The molecule has 1 aromatic carbocycles. The Morgan fingerprint density at radius 3 is 2.60 bits per heavy atom. The number of nitrogen functional groups attached to an aromatic ring is 1. The van der Waals surface area contributed by atoms with Crippen molar-refractivity contribution in [3.05, 3.63) is 23.3 Å². The van der Waals surface area contributed by atoms with Gasteiger partial charge in [-0.15, -0.1) is 0 Å². The standard InChI is InChI=1S/C15H23NO4/c1-10(2)9-19-5-6-20-12-7-11(3)14(16)13(8-12)15(17)18-4/h7-8,10H,5-6,9,16H2,1-4H3. The van der Waals surface area contributed by atoms with Gasteiger partial charge in [0, 0.05) is 12.3 Å². The first kappa shape index (κ1) is 16.3. The molecule has 5 heteroatoms. The number of nitrogens with two attached hydrogens (primary N) is 1. The van der Waals surface area contributed by atoms with Gasteiger partial charge in [0.05, 0.1) is 19.3 Å². The fourth-order valence-corrected chi connectivity index (χ4v) is 1.66. The normalized spacial score (nSPS) is 10.7. The molecule has 0 fully saturated rings. The van der Waals surface area contributed by atoms with Gasteiger partial charge in [0.2, 0.25) is 0 Å². The third-order valence-electron chi connectivity index (χ3n) is 2.71. The van der Waals surface area contributed by atoms with Crippen molar-refractivity contribution in [1.82, 2.24) is 0 Å². The number of carbonyl (C=O) groups excluding carboxylic acids is 1. The summed E-state index contributed by atoms with van der Waals surface area (Å²) < 4.78 is 15.7. The highest BCUT2D eigenvalue weighted by Crippen LogP contribution is 2.25. The third-order valence-corrected chi connectivity index (χ3v) is 2.71. The van der Waals surface area contributed by atoms with Crippen molar-refractivity contribution < 1.29 is 19.0 Å². The number of hydrogen-bond donors (Lipinski definition) is 1. The lowest BCUT2D eigenvalue weighted by Crippen LogP contribution is -2.12. The molecule has 0 saturated heterocycles. The van der Waals surface area contributed by atoms with E-state index in [2.05, 4.69) is 13.8 Å². The summed E-state index contributed by atoms with van der Waals surface area (Å²) in [4.78, 5) is 11.6. The molecule has 0 atom stereocenters. The molecule has 0 aliphatic carbocycles. The van der Waals surface area contributed by atoms with Crippen molar-refractivity contribution in [1.29, 1.82) is 0 Å². The minimum absolute atomic E-state index is 0.325. The van der Waals surface area contributed by atoms with E-state index in [1.807, 2.05) is 6.92 Å². The van der Waals surface area contributed by atoms with Crippen LogP contribution in [0.15, 0.2) is 12.1 Å². The molecule has 0 heterocycles. The Kier molecular flexibility index (Phi) is 6.31. The number of hydrogen-bond acceptors (Lipinski definition) is 5. The molecule has 0 bridgehead atoms. The quantitative estimate of drug-likeness (QED) is 0.472. The molecule has 112 valence electrons. The van der Waals surface area contributed by atoms with E-state index in [4.69, 9.17) is 19.9 Å². The largest absolute Gasteiger partial charge is 0.491 e. The average Bonchev–Trinajstić information content (AvgIpc) is 2.40. The van der Waals surface area contributed by atoms with E-state index in [-0.39, 0.29) is 0 Å². The van der Waals surface area contributed by atoms with Crippen LogP contribution in [0.5, 0.6) is 5.75 Å². The topological polar surface area (TPSA) is 70.8 Å². The Labute approximate surface area is 120 Å². The Bertz CT molecular complexity index is 457. The monoisotopic (exact) mass is 281 g/mol. The van der Waals surface area contributed by atoms with Crippen LogP contribution in [0.1, 0.15) is 29.8 Å². The smallest absolute Gasteiger partial charge is 0.340 e. The van der Waals surface area contributed by atoms with Crippen LogP contribution >= 0.6 is 0 Å². The lowest BCUT2D eigenvalue weighted by molar-refractivity contribution is 0.0600. The van der Waals surface area contributed by atoms with Crippen LogP contribution in [0.2, 0.25) is 0 Å². The molecule has 0 aliphatic heterocycles. The van der Waals surface area contributed by atoms with Crippen molar-refractivity contribution in [3.8, 4) is 5.75 Å². The number of carbonyl (C=O) groups is 1. The molecule has 0 radical (unpaired) electrons. The number of esters is 1. The van der Waals surface area contributed by atoms with Crippen LogP contribution in [0.25, 0.3) is 0 Å². The maximum Gasteiger partial charge on any atom is 0.340 e. The minimum atomic E-state index is -0.466. The molecule has 0 saturated carbocycles. The second-order valence-corrected chi connectivity index (χ2v) is 5.01. The van der Waals surface area contributed by atoms with Gasteiger partial charge in [0.1, 0.15) is 12.4 Å². The molecular weight excluding hydrogens is 258 g/mol. The summed E-state index contributed by atoms with van der Waals surface area (Å²) in [7, 11) is 1.32. The fourth-order valence-electron chi connectivity index (χ4n) is 1.66. The number of aryl methyl sites for hydroxylation is 1. The van der Waals surface area contributed by atoms with Crippen LogP contribution in [0.3, 0.4) is 0 Å². The van der Waals surface area contributed by atoms with Crippen molar-refractivity contribution >= 4 is 11.7 Å². The van der Waals surface area contributed by atoms with E-state index < -0.39 is 5.97 Å². The second kappa shape index (κ2) is 7.75. The van der Waals surface area contributed by atoms with E-state index in [0.29, 0.717) is 42.7 Å². The van der Waals surface area contributed by atoms with E-state index in [9.17, 15) is 4.79 Å². The number of methoxy groups -OCH3 is 1. The summed E-state index contributed by atoms with van der Waals surface area (Å²) >= 11 is 0. The zero-order valence-electron chi connectivity index (χ0n) is 12.6. The Morgan fingerprint density at radius 1 is 1.30 bits per heavy atom. The maximum atomic E-state index is 11.6. The summed E-state index contributed by atoms with van der Waals surface area (Å²) in [6.07, 6.45) is 0. The van der Waals surface area contributed by atoms with Gasteiger partial charge in [0.25, 0.3) is 0 Å². The summed E-state index contributed by atoms with van der Waals surface area (Å²) in [6.45, 7) is 7.65. The van der Waals surface area contributed by atoms with Crippen molar-refractivity contribution in [2.24, 2.45) is 5.92 Å². The lowest BCUT2D eigenvalue weighted by atomic mass is 10.1. The number of rotatable bonds is 7. The first-order valence-corrected chi connectivity index (χ1v) is 6.64. The predicted molar refractivity (Wildman–Crippen MR) is 78.1 cm³/mol. The predicted octanol–water partition coefficient (Wildman–Crippen LogP) is 2.42. The minimum Gasteiger partial charge on any atom is -0.491 e. The van der Waals surface area contributed by atoms with Crippen LogP contribution in [0, 0.1) is 12.8 Å². The molecule has 1 rings (SSSR count). The lowest BCUT2D eigenvalue weighted by Gasteiger charge is -2.12. The summed E-state index contributed by atoms with van der Waals surface area (Å²) in [5.41, 5.74) is 7.38. The average molecular weight is 281 g/mol. The number of ether oxygens (including phenoxy) is 3. The van der Waals surface area contributed by atoms with Gasteiger partial charge in [-0.25, -0.2) is 4.79 Å². The van der Waals surface area contributed by atoms with E-state index >= 15 is 0 Å². The van der Waals surface area contributed by atoms with Gasteiger partial charge in [0.15, 0.2) is 0 Å². The Hall–Kier alpha value is -1.75. The number of benzene rings is 1. The summed E-state index contributed by atoms with van der Waals surface area (Å²) in [5.74, 6) is 0.622. The molecule has 1 aromatic rings. The molecule has 0 aliphatic rings. The van der Waals surface area contributed by atoms with Gasteiger partial charge in [-0.1, -0.05) is 13.8 Å². The molecule has 2 N–H and O–H groups in total. The van der Waals surface area contributed by atoms with Gasteiger partial charge in [-0.3, -0.25) is 0 Å². The highest BCUT2D eigenvalue weighted by molar-refractivity contribution is 5.96. The second-order valence-electron chi connectivity index (χ2n) is 5.01. The summed E-state index contributed by atoms with van der Waals surface area (Å²) in [6, 6.07) is 3.39. The van der Waals surface area contributed by atoms with Crippen LogP contribution < -0.4 is 10.5 Å². The molecule has 0 aromatic heterocycles. The van der Waals surface area contributed by atoms with Crippen LogP contribution in [0.4, 0.5) is 5.69 Å². The highest BCUT2D eigenvalue weighted by atomic mass is 16.5. The third kappa shape index (κ3) is 4.74. The molecule has 0 unspecified atom stereocenters. The first-order valence-electron chi connectivity index (χ1n) is 6.64. The van der Waals surface area contributed by atoms with Gasteiger partial charge < -0.3 is 19.9 Å². The maximum absolute atomic E-state index is 11.6. The molecule has 0 amide bonds. The zero-order valence-corrected chi connectivity index (χ0v) is 12.6. The van der Waals surface area contributed by atoms with Gasteiger partial charge in [-0.2, -0.15) is 0 Å². The molecule has 5 nitrogen and oxygen atoms in total. The van der Waals surface area contributed by atoms with Crippen molar-refractivity contribution in [2.75, 3.05) is 32.7 Å². The van der Waals surface area contributed by atoms with E-state index in [0.717, 1.165) is 5.56 Å². The molecule has 0 spiro atoms. The fraction of sp³-hybridized carbons (Fsp3) is 0.533. The van der Waals surface area contributed by atoms with E-state index in [1.54, 1.807) is 12.1 Å². The zero-order chi connectivity index (χ0) is 15.1. The van der Waals surface area contributed by atoms with Crippen molar-refractivity contribution in [2.45, 2.75) is 20.8 Å². The number of anilines is 1. The molecule has 20 heavy (non-hydrogen) atoms. The Morgan fingerprint density at radius 2 is 2.00 bits per heavy atom. The van der Waals surface area contributed by atoms with Crippen LogP contribution in [-0.4, -0.2) is 32.9 Å². The first-order chi connectivity index (χ1) is 9.45. The van der Waals surface area contributed by atoms with Crippen molar-refractivity contribution in [3.63, 3.8) is 0 Å². The Balaban J connectivity index is 2.62. The van der Waals surface area contributed by atoms with Gasteiger partial charge >= 0.3 is 5.97 Å². The van der Waals surface area contributed by atoms with E-state index in [1.165, 1.54) is 7.11 Å². The van der Waals surface area contributed by atoms with Crippen LogP contribution in [-0.2, 0) is 9.47 Å². The van der Waals surface area contributed by atoms with Gasteiger partial charge in [-0.05, 0) is 30.5 Å². The summed E-state index contributed by atoms with van der Waals surface area (Å²) in [5, 5.41) is 0.